The Balaban J connectivity index is 1.29. The third kappa shape index (κ3) is 5.71. The van der Waals surface area contributed by atoms with E-state index in [1.807, 2.05) is 0 Å². The summed E-state index contributed by atoms with van der Waals surface area (Å²) in [7, 11) is 0. The summed E-state index contributed by atoms with van der Waals surface area (Å²) < 4.78 is 33.7. The second-order valence-electron chi connectivity index (χ2n) is 9.18. The number of hydrogen-bond acceptors (Lipinski definition) is 1. The minimum absolute atomic E-state index is 0.0664. The Morgan fingerprint density at radius 1 is 0.818 bits per heavy atom. The number of halogens is 2. The van der Waals surface area contributed by atoms with Crippen LogP contribution in [0.5, 0.6) is 5.75 Å². The molecule has 33 heavy (non-hydrogen) atoms. The van der Waals surface area contributed by atoms with Gasteiger partial charge in [-0.05, 0) is 92.5 Å². The van der Waals surface area contributed by atoms with Gasteiger partial charge in [-0.15, -0.1) is 0 Å². The molecule has 1 nitrogen and oxygen atoms in total. The molecule has 0 saturated heterocycles. The highest BCUT2D eigenvalue weighted by Gasteiger charge is 2.23. The first kappa shape index (κ1) is 23.2. The van der Waals surface area contributed by atoms with Gasteiger partial charge in [0.15, 0.2) is 11.6 Å². The minimum Gasteiger partial charge on any atom is -0.462 e. The lowest BCUT2D eigenvalue weighted by Crippen LogP contribution is -2.14. The van der Waals surface area contributed by atoms with E-state index in [1.54, 1.807) is 19.1 Å². The lowest BCUT2D eigenvalue weighted by atomic mass is 9.76. The Bertz CT molecular complexity index is 1080. The number of hydrogen-bond donors (Lipinski definition) is 0. The minimum atomic E-state index is -0.900. The van der Waals surface area contributed by atoms with Crippen LogP contribution in [0.3, 0.4) is 0 Å². The molecule has 0 heterocycles. The summed E-state index contributed by atoms with van der Waals surface area (Å²) in [5.41, 5.74) is 5.63. The first-order chi connectivity index (χ1) is 16.0. The van der Waals surface area contributed by atoms with E-state index in [1.165, 1.54) is 34.6 Å². The highest BCUT2D eigenvalue weighted by atomic mass is 19.2. The zero-order valence-corrected chi connectivity index (χ0v) is 19.5. The van der Waals surface area contributed by atoms with Crippen LogP contribution in [-0.4, -0.2) is 0 Å². The van der Waals surface area contributed by atoms with Crippen LogP contribution in [0.25, 0.3) is 11.1 Å². The molecule has 0 radical (unpaired) electrons. The molecular weight excluding hydrogens is 414 g/mol. The quantitative estimate of drug-likeness (QED) is 0.330. The molecule has 0 unspecified atom stereocenters. The van der Waals surface area contributed by atoms with Crippen LogP contribution in [0.2, 0.25) is 0 Å². The molecule has 0 N–H and O–H groups in total. The van der Waals surface area contributed by atoms with Crippen molar-refractivity contribution in [3.8, 4) is 16.9 Å². The van der Waals surface area contributed by atoms with E-state index < -0.39 is 11.6 Å². The smallest absolute Gasteiger partial charge is 0.201 e. The molecule has 0 aliphatic heterocycles. The fourth-order valence-electron chi connectivity index (χ4n) is 4.84. The summed E-state index contributed by atoms with van der Waals surface area (Å²) in [6.07, 6.45) is 9.03. The Morgan fingerprint density at radius 2 is 1.45 bits per heavy atom. The molecule has 4 rings (SSSR count). The average Bonchev–Trinajstić information content (AvgIpc) is 2.85. The van der Waals surface area contributed by atoms with Crippen molar-refractivity contribution in [2.24, 2.45) is 5.92 Å². The molecule has 1 saturated carbocycles. The molecule has 3 aromatic rings. The maximum atomic E-state index is 14.4. The van der Waals surface area contributed by atoms with Crippen molar-refractivity contribution in [2.45, 2.75) is 58.3 Å². The summed E-state index contributed by atoms with van der Waals surface area (Å²) in [6, 6.07) is 20.8. The van der Waals surface area contributed by atoms with Crippen molar-refractivity contribution in [1.82, 2.24) is 0 Å². The monoisotopic (exact) mass is 446 g/mol. The highest BCUT2D eigenvalue weighted by Crippen LogP contribution is 2.38. The molecule has 3 aromatic carbocycles. The van der Waals surface area contributed by atoms with Crippen molar-refractivity contribution >= 4 is 0 Å². The fourth-order valence-corrected chi connectivity index (χ4v) is 4.84. The number of aryl methyl sites for hydroxylation is 2. The van der Waals surface area contributed by atoms with E-state index in [2.05, 4.69) is 55.5 Å². The second-order valence-corrected chi connectivity index (χ2v) is 9.18. The molecule has 0 amide bonds. The van der Waals surface area contributed by atoms with Crippen molar-refractivity contribution in [2.75, 3.05) is 0 Å². The molecule has 1 aliphatic rings. The van der Waals surface area contributed by atoms with Crippen LogP contribution in [0.15, 0.2) is 73.0 Å². The van der Waals surface area contributed by atoms with Crippen LogP contribution in [0.4, 0.5) is 8.78 Å². The first-order valence-corrected chi connectivity index (χ1v) is 12.0. The number of benzene rings is 3. The molecule has 0 atom stereocenters. The Morgan fingerprint density at radius 3 is 2.09 bits per heavy atom. The van der Waals surface area contributed by atoms with Crippen LogP contribution < -0.4 is 4.74 Å². The summed E-state index contributed by atoms with van der Waals surface area (Å²) in [5, 5.41) is 0. The number of allylic oxidation sites excluding steroid dienone is 1. The molecule has 1 fully saturated rings. The number of rotatable bonds is 7. The molecule has 172 valence electrons. The largest absolute Gasteiger partial charge is 0.462 e. The average molecular weight is 447 g/mol. The molecule has 0 spiro atoms. The summed E-state index contributed by atoms with van der Waals surface area (Å²) >= 11 is 0. The van der Waals surface area contributed by atoms with E-state index >= 15 is 0 Å². The van der Waals surface area contributed by atoms with E-state index in [4.69, 9.17) is 4.74 Å². The normalized spacial score (nSPS) is 18.5. The molecular formula is C30H32F2O. The van der Waals surface area contributed by atoms with Gasteiger partial charge in [-0.3, -0.25) is 0 Å². The maximum absolute atomic E-state index is 14.4. The van der Waals surface area contributed by atoms with Gasteiger partial charge in [-0.2, -0.15) is 4.39 Å². The predicted molar refractivity (Wildman–Crippen MR) is 131 cm³/mol. The Hall–Kier alpha value is -2.94. The zero-order chi connectivity index (χ0) is 23.2. The van der Waals surface area contributed by atoms with E-state index in [0.29, 0.717) is 23.8 Å². The highest BCUT2D eigenvalue weighted by molar-refractivity contribution is 5.64. The van der Waals surface area contributed by atoms with Gasteiger partial charge in [-0.1, -0.05) is 66.2 Å². The van der Waals surface area contributed by atoms with Crippen molar-refractivity contribution in [3.63, 3.8) is 0 Å². The van der Waals surface area contributed by atoms with Gasteiger partial charge in [0.25, 0.3) is 0 Å². The summed E-state index contributed by atoms with van der Waals surface area (Å²) in [6.45, 7) is 3.87. The SMILES string of the molecule is C/C=C/Oc1ccc(CCC2CCC(c3ccc(-c4ccc(C)cc4)cc3)CC2)c(F)c1F. The number of ether oxygens (including phenoxy) is 1. The standard InChI is InChI=1S/C30H32F2O/c1-3-20-33-28-19-18-27(29(31)30(28)32)13-8-22-6-11-24(12-7-22)26-16-14-25(15-17-26)23-9-4-21(2)5-10-23/h3-5,9-10,14-20,22,24H,6-8,11-13H2,1-2H3/b20-3+. The van der Waals surface area contributed by atoms with Gasteiger partial charge in [-0.25, -0.2) is 4.39 Å². The third-order valence-electron chi connectivity index (χ3n) is 6.89. The van der Waals surface area contributed by atoms with Crippen molar-refractivity contribution in [1.29, 1.82) is 0 Å². The topological polar surface area (TPSA) is 9.23 Å². The first-order valence-electron chi connectivity index (χ1n) is 12.0. The third-order valence-corrected chi connectivity index (χ3v) is 6.89. The van der Waals surface area contributed by atoms with Gasteiger partial charge in [0, 0.05) is 0 Å². The molecule has 1 aliphatic carbocycles. The fraction of sp³-hybridized carbons (Fsp3) is 0.333. The van der Waals surface area contributed by atoms with Crippen LogP contribution in [0, 0.1) is 24.5 Å². The summed E-state index contributed by atoms with van der Waals surface area (Å²) in [4.78, 5) is 0. The molecule has 0 bridgehead atoms. The van der Waals surface area contributed by atoms with Gasteiger partial charge in [0.05, 0.1) is 6.26 Å². The van der Waals surface area contributed by atoms with Crippen molar-refractivity contribution < 1.29 is 13.5 Å². The van der Waals surface area contributed by atoms with Gasteiger partial charge >= 0.3 is 0 Å². The Labute approximate surface area is 196 Å². The van der Waals surface area contributed by atoms with Crippen LogP contribution in [-0.2, 0) is 6.42 Å². The van der Waals surface area contributed by atoms with E-state index in [9.17, 15) is 8.78 Å². The molecule has 3 heteroatoms. The molecule has 0 aromatic heterocycles. The van der Waals surface area contributed by atoms with Crippen LogP contribution in [0.1, 0.15) is 61.6 Å². The van der Waals surface area contributed by atoms with Gasteiger partial charge < -0.3 is 4.74 Å². The maximum Gasteiger partial charge on any atom is 0.201 e. The lowest BCUT2D eigenvalue weighted by molar-refractivity contribution is 0.309. The predicted octanol–water partition coefficient (Wildman–Crippen LogP) is 8.76. The van der Waals surface area contributed by atoms with E-state index in [-0.39, 0.29) is 5.75 Å². The van der Waals surface area contributed by atoms with Crippen LogP contribution >= 0.6 is 0 Å². The second kappa shape index (κ2) is 10.8. The zero-order valence-electron chi connectivity index (χ0n) is 19.5. The lowest BCUT2D eigenvalue weighted by Gasteiger charge is -2.29. The van der Waals surface area contributed by atoms with Gasteiger partial charge in [0.2, 0.25) is 5.82 Å². The van der Waals surface area contributed by atoms with Crippen molar-refractivity contribution in [3.05, 3.63) is 101 Å². The summed E-state index contributed by atoms with van der Waals surface area (Å²) in [5.74, 6) is -0.592. The van der Waals surface area contributed by atoms with E-state index in [0.717, 1.165) is 32.1 Å². The van der Waals surface area contributed by atoms with Gasteiger partial charge in [0.1, 0.15) is 0 Å². The Kier molecular flexibility index (Phi) is 7.59.